The van der Waals surface area contributed by atoms with E-state index in [1.165, 1.54) is 0 Å². The normalized spacial score (nSPS) is 0. The summed E-state index contributed by atoms with van der Waals surface area (Å²) in [6.45, 7) is 0. The summed E-state index contributed by atoms with van der Waals surface area (Å²) in [6.07, 6.45) is 0. The standard InChI is InChI=1S/2Na.6H2O.W/h;;6*1H2;/q2*+1;;;;;;;/p-2. The Bertz CT molecular complexity index is 11.0. The van der Waals surface area contributed by atoms with Crippen LogP contribution in [0, 0.1) is 0 Å². The summed E-state index contributed by atoms with van der Waals surface area (Å²) in [7, 11) is 0. The van der Waals surface area contributed by atoms with Crippen LogP contribution in [0.1, 0.15) is 0 Å². The van der Waals surface area contributed by atoms with Gasteiger partial charge >= 0.3 is 59.1 Å². The fourth-order valence-electron chi connectivity index (χ4n) is 0. The van der Waals surface area contributed by atoms with Crippen molar-refractivity contribution in [3.63, 3.8) is 0 Å². The smallest absolute Gasteiger partial charge is 0.870 e. The molecule has 9 heteroatoms. The average Bonchev–Trinajstić information content (AvgIpc) is 0. The van der Waals surface area contributed by atoms with Crippen LogP contribution in [0.5, 0.6) is 0 Å². The monoisotopic (exact) mass is 336 g/mol. The average molecular weight is 336 g/mol. The zero-order valence-corrected chi connectivity index (χ0v) is 12.2. The van der Waals surface area contributed by atoms with Crippen molar-refractivity contribution in [1.29, 1.82) is 0 Å². The van der Waals surface area contributed by atoms with E-state index in [-0.39, 0.29) is 113 Å². The molecule has 0 spiro atoms. The van der Waals surface area contributed by atoms with Crippen molar-refractivity contribution >= 4 is 0 Å². The van der Waals surface area contributed by atoms with Gasteiger partial charge in [-0.3, -0.25) is 0 Å². The maximum absolute atomic E-state index is 0. The van der Waals surface area contributed by atoms with Gasteiger partial charge < -0.3 is 32.9 Å². The fourth-order valence-corrected chi connectivity index (χ4v) is 0. The van der Waals surface area contributed by atoms with Gasteiger partial charge in [-0.2, -0.15) is 0 Å². The van der Waals surface area contributed by atoms with E-state index < -0.39 is 0 Å². The third kappa shape index (κ3) is 124. The fraction of sp³-hybridized carbons (Fsp3) is 0. The van der Waals surface area contributed by atoms with Gasteiger partial charge in [0.2, 0.25) is 0 Å². The molecule has 0 saturated carbocycles. The molecule has 0 radical (unpaired) electrons. The first-order valence-electron chi connectivity index (χ1n) is 0. The molecule has 0 fully saturated rings. The van der Waals surface area contributed by atoms with Gasteiger partial charge in [-0.05, 0) is 0 Å². The van der Waals surface area contributed by atoms with E-state index >= 15 is 0 Å². The molecule has 0 unspecified atom stereocenters. The van der Waals surface area contributed by atoms with Crippen molar-refractivity contribution < 1.29 is 113 Å². The van der Waals surface area contributed by atoms with Crippen LogP contribution < -0.4 is 59.1 Å². The maximum Gasteiger partial charge on any atom is 1.00 e. The molecule has 54 valence electrons. The van der Waals surface area contributed by atoms with Gasteiger partial charge in [-0.25, -0.2) is 0 Å². The summed E-state index contributed by atoms with van der Waals surface area (Å²) < 4.78 is 0. The van der Waals surface area contributed by atoms with E-state index in [1.807, 2.05) is 0 Å². The zero-order valence-electron chi connectivity index (χ0n) is 5.30. The van der Waals surface area contributed by atoms with Gasteiger partial charge in [-0.15, -0.1) is 0 Å². The SMILES string of the molecule is O.O.O.O.[Na+].[Na+].[OH-].[OH-].[W]. The van der Waals surface area contributed by atoms with Crippen LogP contribution >= 0.6 is 0 Å². The van der Waals surface area contributed by atoms with Crippen molar-refractivity contribution in [3.05, 3.63) is 0 Å². The van der Waals surface area contributed by atoms with Crippen LogP contribution in [0.15, 0.2) is 0 Å². The first-order valence-corrected chi connectivity index (χ1v) is 0. The molecule has 0 aliphatic heterocycles. The molecule has 0 atom stereocenters. The molecular weight excluding hydrogens is 326 g/mol. The van der Waals surface area contributed by atoms with E-state index in [4.69, 9.17) is 0 Å². The Balaban J connectivity index is 0. The van der Waals surface area contributed by atoms with Crippen molar-refractivity contribution in [2.75, 3.05) is 0 Å². The van der Waals surface area contributed by atoms with Gasteiger partial charge in [0.1, 0.15) is 0 Å². The molecule has 0 aromatic heterocycles. The zero-order chi connectivity index (χ0) is 0. The Morgan fingerprint density at radius 1 is 0.444 bits per heavy atom. The minimum atomic E-state index is 0. The second-order valence-corrected chi connectivity index (χ2v) is 0. The van der Waals surface area contributed by atoms with Gasteiger partial charge in [0.15, 0.2) is 0 Å². The van der Waals surface area contributed by atoms with E-state index in [1.54, 1.807) is 0 Å². The summed E-state index contributed by atoms with van der Waals surface area (Å²) >= 11 is 0. The molecule has 6 nitrogen and oxygen atoms in total. The Kier molecular flexibility index (Phi) is 3600. The summed E-state index contributed by atoms with van der Waals surface area (Å²) in [5.74, 6) is 0. The van der Waals surface area contributed by atoms with Gasteiger partial charge in [-0.1, -0.05) is 0 Å². The summed E-state index contributed by atoms with van der Waals surface area (Å²) in [5.41, 5.74) is 0. The predicted octanol–water partition coefficient (Wildman–Crippen LogP) is -9.65. The second kappa shape index (κ2) is 156. The Hall–Kier alpha value is 2.45. The Morgan fingerprint density at radius 2 is 0.444 bits per heavy atom. The molecular formula is H10Na2O6W. The van der Waals surface area contributed by atoms with Crippen molar-refractivity contribution in [2.45, 2.75) is 0 Å². The number of hydrogen-bond donors (Lipinski definition) is 0. The molecule has 9 heavy (non-hydrogen) atoms. The molecule has 0 bridgehead atoms. The third-order valence-electron chi connectivity index (χ3n) is 0. The Labute approximate surface area is 111 Å². The van der Waals surface area contributed by atoms with Crippen molar-refractivity contribution in [1.82, 2.24) is 0 Å². The summed E-state index contributed by atoms with van der Waals surface area (Å²) in [5, 5.41) is 0. The van der Waals surface area contributed by atoms with Crippen LogP contribution in [0.4, 0.5) is 0 Å². The molecule has 0 saturated heterocycles. The predicted molar refractivity (Wildman–Crippen MR) is 18.3 cm³/mol. The molecule has 0 amide bonds. The molecule has 10 N–H and O–H groups in total. The minimum Gasteiger partial charge on any atom is -0.870 e. The summed E-state index contributed by atoms with van der Waals surface area (Å²) in [6, 6.07) is 0. The van der Waals surface area contributed by atoms with E-state index in [9.17, 15) is 0 Å². The molecule has 0 aromatic rings. The van der Waals surface area contributed by atoms with Crippen LogP contribution in [-0.2, 0) is 21.1 Å². The minimum absolute atomic E-state index is 0. The van der Waals surface area contributed by atoms with Crippen LogP contribution in [0.3, 0.4) is 0 Å². The molecule has 0 heterocycles. The van der Waals surface area contributed by atoms with Crippen LogP contribution in [0.25, 0.3) is 0 Å². The topological polar surface area (TPSA) is 186 Å². The van der Waals surface area contributed by atoms with Crippen molar-refractivity contribution in [3.8, 4) is 0 Å². The Morgan fingerprint density at radius 3 is 0.444 bits per heavy atom. The second-order valence-electron chi connectivity index (χ2n) is 0. The number of rotatable bonds is 0. The van der Waals surface area contributed by atoms with E-state index in [2.05, 4.69) is 0 Å². The van der Waals surface area contributed by atoms with Gasteiger partial charge in [0.25, 0.3) is 0 Å². The maximum atomic E-state index is 0. The number of hydrogen-bond acceptors (Lipinski definition) is 2. The quantitative estimate of drug-likeness (QED) is 0.398. The van der Waals surface area contributed by atoms with Gasteiger partial charge in [0.05, 0.1) is 0 Å². The van der Waals surface area contributed by atoms with Crippen LogP contribution in [-0.4, -0.2) is 32.9 Å². The molecule has 0 rings (SSSR count). The van der Waals surface area contributed by atoms with Crippen LogP contribution in [0.2, 0.25) is 0 Å². The first kappa shape index (κ1) is 208. The van der Waals surface area contributed by atoms with Gasteiger partial charge in [0, 0.05) is 21.1 Å². The molecule has 0 aliphatic rings. The van der Waals surface area contributed by atoms with E-state index in [0.29, 0.717) is 0 Å². The molecule has 0 aliphatic carbocycles. The summed E-state index contributed by atoms with van der Waals surface area (Å²) in [4.78, 5) is 0. The molecule has 0 aromatic carbocycles. The largest absolute Gasteiger partial charge is 1.00 e. The van der Waals surface area contributed by atoms with E-state index in [0.717, 1.165) is 0 Å². The van der Waals surface area contributed by atoms with Crippen molar-refractivity contribution in [2.24, 2.45) is 0 Å². The third-order valence-corrected chi connectivity index (χ3v) is 0. The first-order chi connectivity index (χ1) is 0.